The van der Waals surface area contributed by atoms with Crippen LogP contribution in [0.1, 0.15) is 12.8 Å². The Hall–Kier alpha value is 0.190. The van der Waals surface area contributed by atoms with Gasteiger partial charge in [-0.3, -0.25) is 0 Å². The smallest absolute Gasteiger partial charge is 0.133 e. The second-order valence-corrected chi connectivity index (χ2v) is 6.02. The molecular weight excluding hydrogens is 383 g/mol. The second-order valence-electron chi connectivity index (χ2n) is 3.94. The van der Waals surface area contributed by atoms with Crippen LogP contribution in [0.15, 0.2) is 22.7 Å². The summed E-state index contributed by atoms with van der Waals surface area (Å²) in [7, 11) is 0. The molecule has 0 radical (unpaired) electrons. The fourth-order valence-electron chi connectivity index (χ4n) is 1.71. The average Bonchev–Trinajstić information content (AvgIpc) is 2.32. The summed E-state index contributed by atoms with van der Waals surface area (Å²) in [5, 5.41) is 0. The number of halogens is 2. The minimum absolute atomic E-state index is 0.642. The quantitative estimate of drug-likeness (QED) is 0.722. The van der Waals surface area contributed by atoms with Crippen LogP contribution in [0.3, 0.4) is 0 Å². The first-order valence-electron chi connectivity index (χ1n) is 5.41. The predicted octanol–water partition coefficient (Wildman–Crippen LogP) is 3.86. The summed E-state index contributed by atoms with van der Waals surface area (Å²) in [5.41, 5.74) is 0. The van der Waals surface area contributed by atoms with Crippen molar-refractivity contribution in [1.82, 2.24) is 0 Å². The molecule has 0 amide bonds. The van der Waals surface area contributed by atoms with Crippen LogP contribution >= 0.6 is 38.5 Å². The average molecular weight is 397 g/mol. The van der Waals surface area contributed by atoms with E-state index in [9.17, 15) is 0 Å². The highest BCUT2D eigenvalue weighted by Crippen LogP contribution is 2.26. The minimum Gasteiger partial charge on any atom is -0.492 e. The van der Waals surface area contributed by atoms with Gasteiger partial charge in [0.2, 0.25) is 0 Å². The lowest BCUT2D eigenvalue weighted by atomic mass is 10.0. The fraction of sp³-hybridized carbons (Fsp3) is 0.500. The van der Waals surface area contributed by atoms with E-state index in [2.05, 4.69) is 44.6 Å². The Bertz CT molecular complexity index is 351. The van der Waals surface area contributed by atoms with E-state index in [0.29, 0.717) is 5.92 Å². The summed E-state index contributed by atoms with van der Waals surface area (Å²) < 4.78 is 13.4. The van der Waals surface area contributed by atoms with Gasteiger partial charge in [0.05, 0.1) is 10.2 Å². The monoisotopic (exact) mass is 396 g/mol. The Morgan fingerprint density at radius 2 is 2.12 bits per heavy atom. The van der Waals surface area contributed by atoms with Gasteiger partial charge in [-0.15, -0.1) is 0 Å². The van der Waals surface area contributed by atoms with Gasteiger partial charge in [-0.05, 0) is 59.5 Å². The number of benzene rings is 1. The number of rotatable bonds is 3. The molecule has 2 rings (SSSR count). The van der Waals surface area contributed by atoms with Crippen LogP contribution in [-0.4, -0.2) is 19.8 Å². The lowest BCUT2D eigenvalue weighted by Crippen LogP contribution is -2.21. The molecule has 1 saturated heterocycles. The van der Waals surface area contributed by atoms with Crippen LogP contribution in [0.5, 0.6) is 5.75 Å². The molecule has 0 atom stereocenters. The summed E-state index contributed by atoms with van der Waals surface area (Å²) in [6, 6.07) is 6.12. The van der Waals surface area contributed by atoms with E-state index in [0.717, 1.165) is 46.5 Å². The van der Waals surface area contributed by atoms with Crippen molar-refractivity contribution in [3.05, 3.63) is 26.2 Å². The van der Waals surface area contributed by atoms with E-state index < -0.39 is 0 Å². The van der Waals surface area contributed by atoms with Crippen LogP contribution in [0.2, 0.25) is 0 Å². The molecule has 1 aliphatic rings. The van der Waals surface area contributed by atoms with Crippen molar-refractivity contribution in [2.75, 3.05) is 19.8 Å². The molecule has 0 aromatic heterocycles. The SMILES string of the molecule is Brc1ccc(I)c(OCC2CCOCC2)c1. The zero-order chi connectivity index (χ0) is 11.4. The van der Waals surface area contributed by atoms with E-state index >= 15 is 0 Å². The molecule has 1 aromatic rings. The normalized spacial score (nSPS) is 17.4. The minimum atomic E-state index is 0.642. The first kappa shape index (κ1) is 12.6. The molecule has 0 bridgehead atoms. The Balaban J connectivity index is 1.90. The summed E-state index contributed by atoms with van der Waals surface area (Å²) >= 11 is 5.76. The third kappa shape index (κ3) is 3.60. The molecule has 4 heteroatoms. The molecule has 1 fully saturated rings. The Morgan fingerprint density at radius 3 is 2.88 bits per heavy atom. The highest BCUT2D eigenvalue weighted by Gasteiger charge is 2.14. The van der Waals surface area contributed by atoms with Crippen molar-refractivity contribution < 1.29 is 9.47 Å². The summed E-state index contributed by atoms with van der Waals surface area (Å²) in [4.78, 5) is 0. The summed E-state index contributed by atoms with van der Waals surface area (Å²) in [6.45, 7) is 2.56. The maximum atomic E-state index is 5.86. The van der Waals surface area contributed by atoms with Crippen molar-refractivity contribution in [2.24, 2.45) is 5.92 Å². The van der Waals surface area contributed by atoms with Gasteiger partial charge in [-0.25, -0.2) is 0 Å². The van der Waals surface area contributed by atoms with E-state index in [1.165, 1.54) is 0 Å². The molecule has 1 heterocycles. The zero-order valence-electron chi connectivity index (χ0n) is 8.92. The zero-order valence-corrected chi connectivity index (χ0v) is 12.7. The van der Waals surface area contributed by atoms with Gasteiger partial charge in [0.15, 0.2) is 0 Å². The highest BCUT2D eigenvalue weighted by molar-refractivity contribution is 14.1. The van der Waals surface area contributed by atoms with Crippen molar-refractivity contribution in [2.45, 2.75) is 12.8 Å². The second kappa shape index (κ2) is 6.21. The van der Waals surface area contributed by atoms with Gasteiger partial charge < -0.3 is 9.47 Å². The number of hydrogen-bond acceptors (Lipinski definition) is 2. The highest BCUT2D eigenvalue weighted by atomic mass is 127. The van der Waals surface area contributed by atoms with Crippen LogP contribution in [0, 0.1) is 9.49 Å². The van der Waals surface area contributed by atoms with Crippen LogP contribution in [0.4, 0.5) is 0 Å². The lowest BCUT2D eigenvalue weighted by Gasteiger charge is -2.22. The fourth-order valence-corrected chi connectivity index (χ4v) is 2.54. The van der Waals surface area contributed by atoms with Gasteiger partial charge in [0, 0.05) is 17.7 Å². The van der Waals surface area contributed by atoms with E-state index in [4.69, 9.17) is 9.47 Å². The van der Waals surface area contributed by atoms with Gasteiger partial charge >= 0.3 is 0 Å². The van der Waals surface area contributed by atoms with Crippen molar-refractivity contribution in [3.8, 4) is 5.75 Å². The first-order valence-corrected chi connectivity index (χ1v) is 7.28. The van der Waals surface area contributed by atoms with E-state index in [1.807, 2.05) is 12.1 Å². The molecule has 0 saturated carbocycles. The molecule has 2 nitrogen and oxygen atoms in total. The van der Waals surface area contributed by atoms with Gasteiger partial charge in [0.25, 0.3) is 0 Å². The molecule has 1 aliphatic heterocycles. The molecule has 16 heavy (non-hydrogen) atoms. The first-order chi connectivity index (χ1) is 7.75. The molecule has 0 N–H and O–H groups in total. The molecule has 0 unspecified atom stereocenters. The molecule has 88 valence electrons. The van der Waals surface area contributed by atoms with Crippen molar-refractivity contribution in [3.63, 3.8) is 0 Å². The molecule has 0 aliphatic carbocycles. The van der Waals surface area contributed by atoms with Crippen LogP contribution in [-0.2, 0) is 4.74 Å². The maximum Gasteiger partial charge on any atom is 0.133 e. The van der Waals surface area contributed by atoms with Gasteiger partial charge in [-0.1, -0.05) is 15.9 Å². The summed E-state index contributed by atoms with van der Waals surface area (Å²) in [6.07, 6.45) is 2.23. The lowest BCUT2D eigenvalue weighted by molar-refractivity contribution is 0.0496. The Morgan fingerprint density at radius 1 is 1.38 bits per heavy atom. The summed E-state index contributed by atoms with van der Waals surface area (Å²) in [5.74, 6) is 1.62. The van der Waals surface area contributed by atoms with Crippen molar-refractivity contribution >= 4 is 38.5 Å². The number of hydrogen-bond donors (Lipinski definition) is 0. The standard InChI is InChI=1S/C12H14BrIO2/c13-10-1-2-11(14)12(7-10)16-8-9-3-5-15-6-4-9/h1-2,7,9H,3-6,8H2. The van der Waals surface area contributed by atoms with Gasteiger partial charge in [0.1, 0.15) is 5.75 Å². The molecule has 0 spiro atoms. The Kier molecular flexibility index (Phi) is 4.91. The van der Waals surface area contributed by atoms with Crippen molar-refractivity contribution in [1.29, 1.82) is 0 Å². The molecular formula is C12H14BrIO2. The largest absolute Gasteiger partial charge is 0.492 e. The predicted molar refractivity (Wildman–Crippen MR) is 75.9 cm³/mol. The van der Waals surface area contributed by atoms with E-state index in [1.54, 1.807) is 0 Å². The van der Waals surface area contributed by atoms with Gasteiger partial charge in [-0.2, -0.15) is 0 Å². The topological polar surface area (TPSA) is 18.5 Å². The van der Waals surface area contributed by atoms with E-state index in [-0.39, 0.29) is 0 Å². The number of ether oxygens (including phenoxy) is 2. The van der Waals surface area contributed by atoms with Crippen LogP contribution < -0.4 is 4.74 Å². The third-order valence-corrected chi connectivity index (χ3v) is 4.09. The van der Waals surface area contributed by atoms with Crippen LogP contribution in [0.25, 0.3) is 0 Å². The Labute approximate surface area is 118 Å². The maximum absolute atomic E-state index is 5.86. The molecule has 1 aromatic carbocycles. The third-order valence-electron chi connectivity index (χ3n) is 2.71.